The van der Waals surface area contributed by atoms with Crippen molar-refractivity contribution in [1.82, 2.24) is 0 Å². The van der Waals surface area contributed by atoms with Gasteiger partial charge < -0.3 is 0 Å². The summed E-state index contributed by atoms with van der Waals surface area (Å²) in [5.74, 6) is 0. The summed E-state index contributed by atoms with van der Waals surface area (Å²) >= 11 is 8.74. The van der Waals surface area contributed by atoms with E-state index >= 15 is 0 Å². The van der Waals surface area contributed by atoms with Crippen molar-refractivity contribution in [1.29, 1.82) is 0 Å². The molecule has 0 spiro atoms. The molecule has 8 aromatic rings. The SMILES string of the molecule is Cl.Cl.[CH2]=[Zr]([C]1=CC=CC1)([c]1ccc(Cl)c2ccccc12)([c]1ccc(Cl)c2ccccc12)[c]1cccc2c1c1c(c3ccccc32)-c2ccccc2C1. The zero-order valence-electron chi connectivity index (χ0n) is 28.2. The molecule has 0 atom stereocenters. The molecule has 0 fully saturated rings. The third-order valence-corrected chi connectivity index (χ3v) is 28.8. The molecule has 0 heterocycles. The first-order valence-corrected chi connectivity index (χ1v) is 24.7. The third kappa shape index (κ3) is 4.60. The van der Waals surface area contributed by atoms with Crippen molar-refractivity contribution in [3.8, 4) is 11.1 Å². The summed E-state index contributed by atoms with van der Waals surface area (Å²) in [7, 11) is 0. The fraction of sp³-hybridized carbons (Fsp3) is 0.0426. The number of hydrogen-bond acceptors (Lipinski definition) is 0. The van der Waals surface area contributed by atoms with Crippen LogP contribution in [0.4, 0.5) is 0 Å². The fourth-order valence-electron chi connectivity index (χ4n) is 9.68. The first-order valence-electron chi connectivity index (χ1n) is 17.3. The third-order valence-electron chi connectivity index (χ3n) is 11.8. The molecule has 0 saturated heterocycles. The van der Waals surface area contributed by atoms with Gasteiger partial charge in [-0.25, -0.2) is 0 Å². The Bertz CT molecular complexity index is 2830. The van der Waals surface area contributed by atoms with Gasteiger partial charge in [-0.05, 0) is 0 Å². The topological polar surface area (TPSA) is 0 Å². The number of rotatable bonds is 4. The standard InChI is InChI=1S/C21H13.2C10H6Cl.C5H5.CH2.2ClH.Zr/c1-2-8-15-14(7-1)13-20-18-11-4-3-9-16(18)17-10-5-6-12-19(17)21(15)20;2*11-10-7-3-5-8-4-1-2-6-9(8)10;1-2-4-5-3-1;;;;/h1-10,12H,13H2;2*1-4,6-7H;1-3H,4H2;1H2;2*1H;. The second-order valence-electron chi connectivity index (χ2n) is 14.0. The summed E-state index contributed by atoms with van der Waals surface area (Å²) < 4.78 is 11.3. The summed E-state index contributed by atoms with van der Waals surface area (Å²) in [5, 5.41) is 11.2. The Morgan fingerprint density at radius 1 is 0.500 bits per heavy atom. The van der Waals surface area contributed by atoms with Crippen molar-refractivity contribution < 1.29 is 18.3 Å². The Kier molecular flexibility index (Phi) is 8.77. The van der Waals surface area contributed by atoms with Gasteiger partial charge in [0.2, 0.25) is 0 Å². The second-order valence-corrected chi connectivity index (χ2v) is 27.6. The summed E-state index contributed by atoms with van der Waals surface area (Å²) in [5.41, 5.74) is 5.48. The normalized spacial score (nSPS) is 13.6. The van der Waals surface area contributed by atoms with Crippen LogP contribution in [0.1, 0.15) is 17.5 Å². The van der Waals surface area contributed by atoms with E-state index in [0.717, 1.165) is 33.7 Å². The van der Waals surface area contributed by atoms with Crippen molar-refractivity contribution in [2.24, 2.45) is 0 Å². The van der Waals surface area contributed by atoms with Crippen LogP contribution >= 0.6 is 48.0 Å². The molecule has 8 aromatic carbocycles. The Hall–Kier alpha value is -3.81. The number of allylic oxidation sites excluding steroid dienone is 4. The molecule has 0 unspecified atom stereocenters. The van der Waals surface area contributed by atoms with Gasteiger partial charge in [0.05, 0.1) is 0 Å². The molecule has 0 N–H and O–H groups in total. The minimum absolute atomic E-state index is 0. The Morgan fingerprint density at radius 3 is 1.65 bits per heavy atom. The second kappa shape index (κ2) is 12.9. The van der Waals surface area contributed by atoms with Crippen LogP contribution in [0.25, 0.3) is 54.2 Å². The molecule has 254 valence electrons. The monoisotopic (exact) mass is 828 g/mol. The molecule has 5 heteroatoms. The van der Waals surface area contributed by atoms with Crippen LogP contribution in [0.2, 0.25) is 10.0 Å². The van der Waals surface area contributed by atoms with Crippen molar-refractivity contribution in [3.05, 3.63) is 182 Å². The molecule has 2 aliphatic rings. The minimum atomic E-state index is -5.34. The van der Waals surface area contributed by atoms with Crippen LogP contribution in [0.5, 0.6) is 0 Å². The molecule has 2 aliphatic carbocycles. The molecule has 0 aliphatic heterocycles. The average molecular weight is 832 g/mol. The fourth-order valence-corrected chi connectivity index (χ4v) is 26.8. The van der Waals surface area contributed by atoms with Crippen LogP contribution in [0.3, 0.4) is 0 Å². The summed E-state index contributed by atoms with van der Waals surface area (Å²) in [6.45, 7) is 0. The predicted octanol–water partition coefficient (Wildman–Crippen LogP) is 12.3. The van der Waals surface area contributed by atoms with Gasteiger partial charge in [0.1, 0.15) is 0 Å². The van der Waals surface area contributed by atoms with E-state index in [9.17, 15) is 0 Å². The number of fused-ring (bicyclic) bond motifs is 10. The summed E-state index contributed by atoms with van der Waals surface area (Å²) in [6, 6.07) is 51.2. The van der Waals surface area contributed by atoms with Crippen LogP contribution in [-0.4, -0.2) is 4.21 Å². The predicted molar refractivity (Wildman–Crippen MR) is 230 cm³/mol. The van der Waals surface area contributed by atoms with Crippen molar-refractivity contribution >= 4 is 105 Å². The van der Waals surface area contributed by atoms with Crippen LogP contribution in [0, 0.1) is 0 Å². The number of hydrogen-bond donors (Lipinski definition) is 0. The summed E-state index contributed by atoms with van der Waals surface area (Å²) in [4.78, 5) is 0. The number of halogens is 4. The van der Waals surface area contributed by atoms with E-state index in [-0.39, 0.29) is 24.8 Å². The van der Waals surface area contributed by atoms with E-state index in [2.05, 4.69) is 158 Å². The molecular weight excluding hydrogens is 798 g/mol. The quantitative estimate of drug-likeness (QED) is 0.155. The van der Waals surface area contributed by atoms with Gasteiger partial charge in [0, 0.05) is 0 Å². The molecule has 0 bridgehead atoms. The van der Waals surface area contributed by atoms with Crippen molar-refractivity contribution in [2.75, 3.05) is 0 Å². The van der Waals surface area contributed by atoms with Gasteiger partial charge in [-0.2, -0.15) is 0 Å². The Labute approximate surface area is 326 Å². The number of benzene rings is 8. The molecule has 0 saturated carbocycles. The maximum absolute atomic E-state index is 7.04. The molecule has 0 nitrogen and oxygen atoms in total. The van der Waals surface area contributed by atoms with Gasteiger partial charge >= 0.3 is 305 Å². The van der Waals surface area contributed by atoms with Crippen LogP contribution in [-0.2, 0) is 24.7 Å². The van der Waals surface area contributed by atoms with Gasteiger partial charge in [0.15, 0.2) is 0 Å². The first kappa shape index (κ1) is 35.2. The first-order chi connectivity index (χ1) is 24.5. The molecule has 0 radical (unpaired) electrons. The van der Waals surface area contributed by atoms with Crippen molar-refractivity contribution in [3.63, 3.8) is 0 Å². The molecule has 10 rings (SSSR count). The summed E-state index contributed by atoms with van der Waals surface area (Å²) in [6.07, 6.45) is 8.67. The molecule has 52 heavy (non-hydrogen) atoms. The van der Waals surface area contributed by atoms with Gasteiger partial charge in [-0.3, -0.25) is 0 Å². The van der Waals surface area contributed by atoms with Gasteiger partial charge in [0.25, 0.3) is 0 Å². The Morgan fingerprint density at radius 2 is 1.04 bits per heavy atom. The average Bonchev–Trinajstić information content (AvgIpc) is 3.85. The van der Waals surface area contributed by atoms with E-state index in [0.29, 0.717) is 0 Å². The van der Waals surface area contributed by atoms with Gasteiger partial charge in [-0.1, -0.05) is 0 Å². The maximum atomic E-state index is 7.04. The molecule has 0 aromatic heterocycles. The molecule has 0 amide bonds. The van der Waals surface area contributed by atoms with E-state index < -0.39 is 18.3 Å². The van der Waals surface area contributed by atoms with Crippen molar-refractivity contribution in [2.45, 2.75) is 12.8 Å². The Balaban J connectivity index is 0.00000193. The van der Waals surface area contributed by atoms with Crippen LogP contribution < -0.4 is 9.81 Å². The van der Waals surface area contributed by atoms with E-state index in [4.69, 9.17) is 27.4 Å². The van der Waals surface area contributed by atoms with Crippen LogP contribution in [0.15, 0.2) is 161 Å². The zero-order valence-corrected chi connectivity index (χ0v) is 33.8. The van der Waals surface area contributed by atoms with Gasteiger partial charge in [-0.15, -0.1) is 24.8 Å². The van der Waals surface area contributed by atoms with E-state index in [1.165, 1.54) is 67.7 Å². The van der Waals surface area contributed by atoms with E-state index in [1.807, 2.05) is 0 Å². The van der Waals surface area contributed by atoms with E-state index in [1.54, 1.807) is 0 Å². The molecular formula is C47H34Cl4Zr. The zero-order chi connectivity index (χ0) is 33.6.